The van der Waals surface area contributed by atoms with Gasteiger partial charge in [-0.3, -0.25) is 4.79 Å². The molecule has 1 N–H and O–H groups in total. The number of rotatable bonds is 2. The number of aryl methyl sites for hydroxylation is 1. The first-order valence-corrected chi connectivity index (χ1v) is 5.22. The van der Waals surface area contributed by atoms with Crippen LogP contribution in [-0.4, -0.2) is 35.6 Å². The van der Waals surface area contributed by atoms with Gasteiger partial charge < -0.3 is 10.0 Å². The third kappa shape index (κ3) is 1.88. The molecule has 1 heterocycles. The van der Waals surface area contributed by atoms with Gasteiger partial charge in [-0.1, -0.05) is 17.7 Å². The molecule has 1 amide bonds. The third-order valence-electron chi connectivity index (χ3n) is 2.80. The zero-order chi connectivity index (χ0) is 10.8. The second-order valence-electron chi connectivity index (χ2n) is 3.93. The summed E-state index contributed by atoms with van der Waals surface area (Å²) in [6, 6.07) is 5.92. The van der Waals surface area contributed by atoms with Crippen molar-refractivity contribution < 1.29 is 9.90 Å². The number of fused-ring (bicyclic) bond motifs is 1. The van der Waals surface area contributed by atoms with Gasteiger partial charge >= 0.3 is 0 Å². The highest BCUT2D eigenvalue weighted by Gasteiger charge is 2.23. The van der Waals surface area contributed by atoms with E-state index in [1.807, 2.05) is 19.1 Å². The Morgan fingerprint density at radius 1 is 1.47 bits per heavy atom. The fourth-order valence-electron chi connectivity index (χ4n) is 2.00. The Morgan fingerprint density at radius 3 is 3.00 bits per heavy atom. The van der Waals surface area contributed by atoms with Crippen LogP contribution in [0, 0.1) is 6.92 Å². The monoisotopic (exact) mass is 205 g/mol. The zero-order valence-electron chi connectivity index (χ0n) is 8.86. The van der Waals surface area contributed by atoms with Crippen LogP contribution in [0.15, 0.2) is 18.2 Å². The van der Waals surface area contributed by atoms with Gasteiger partial charge in [0, 0.05) is 18.7 Å². The van der Waals surface area contributed by atoms with E-state index in [0.717, 1.165) is 24.1 Å². The van der Waals surface area contributed by atoms with Crippen molar-refractivity contribution >= 4 is 5.91 Å². The first-order chi connectivity index (χ1) is 7.22. The van der Waals surface area contributed by atoms with Gasteiger partial charge in [-0.05, 0) is 25.0 Å². The second-order valence-corrected chi connectivity index (χ2v) is 3.93. The standard InChI is InChI=1S/C12H15NO2/c1-9-2-3-11-10(8-9)4-5-13(6-7-14)12(11)15/h2-3,8,14H,4-7H2,1H3. The van der Waals surface area contributed by atoms with Crippen molar-refractivity contribution in [2.75, 3.05) is 19.7 Å². The molecule has 80 valence electrons. The summed E-state index contributed by atoms with van der Waals surface area (Å²) < 4.78 is 0. The molecule has 15 heavy (non-hydrogen) atoms. The maximum atomic E-state index is 11.9. The molecular weight excluding hydrogens is 190 g/mol. The van der Waals surface area contributed by atoms with Gasteiger partial charge in [0.2, 0.25) is 0 Å². The van der Waals surface area contributed by atoms with E-state index in [2.05, 4.69) is 6.07 Å². The Balaban J connectivity index is 2.30. The number of carbonyl (C=O) groups is 1. The summed E-state index contributed by atoms with van der Waals surface area (Å²) in [5.74, 6) is 0.0466. The average molecular weight is 205 g/mol. The Labute approximate surface area is 89.3 Å². The minimum Gasteiger partial charge on any atom is -0.395 e. The lowest BCUT2D eigenvalue weighted by molar-refractivity contribution is 0.0705. The minimum atomic E-state index is 0.0347. The zero-order valence-corrected chi connectivity index (χ0v) is 8.86. The molecule has 2 rings (SSSR count). The Bertz CT molecular complexity index is 387. The smallest absolute Gasteiger partial charge is 0.254 e. The predicted octanol–water partition coefficient (Wildman–Crippen LogP) is 0.986. The number of hydrogen-bond acceptors (Lipinski definition) is 2. The van der Waals surface area contributed by atoms with E-state index in [4.69, 9.17) is 5.11 Å². The molecule has 0 spiro atoms. The molecule has 1 aliphatic rings. The van der Waals surface area contributed by atoms with Crippen molar-refractivity contribution in [2.45, 2.75) is 13.3 Å². The molecule has 0 aliphatic carbocycles. The van der Waals surface area contributed by atoms with Crippen molar-refractivity contribution in [1.82, 2.24) is 4.90 Å². The number of carbonyl (C=O) groups excluding carboxylic acids is 1. The second kappa shape index (κ2) is 4.03. The Kier molecular flexibility index (Phi) is 2.73. The van der Waals surface area contributed by atoms with Crippen molar-refractivity contribution in [3.8, 4) is 0 Å². The molecule has 3 nitrogen and oxygen atoms in total. The van der Waals surface area contributed by atoms with Crippen LogP contribution in [-0.2, 0) is 6.42 Å². The Morgan fingerprint density at radius 2 is 2.27 bits per heavy atom. The number of amides is 1. The molecule has 1 aliphatic heterocycles. The lowest BCUT2D eigenvalue weighted by Crippen LogP contribution is -2.39. The molecule has 0 unspecified atom stereocenters. The Hall–Kier alpha value is -1.35. The van der Waals surface area contributed by atoms with Gasteiger partial charge in [-0.15, -0.1) is 0 Å². The number of benzene rings is 1. The normalized spacial score (nSPS) is 15.3. The molecular formula is C12H15NO2. The van der Waals surface area contributed by atoms with E-state index in [1.54, 1.807) is 4.90 Å². The van der Waals surface area contributed by atoms with Crippen LogP contribution in [0.2, 0.25) is 0 Å². The maximum Gasteiger partial charge on any atom is 0.254 e. The van der Waals surface area contributed by atoms with Crippen LogP contribution >= 0.6 is 0 Å². The molecule has 0 bridgehead atoms. The van der Waals surface area contributed by atoms with E-state index in [1.165, 1.54) is 5.56 Å². The fraction of sp³-hybridized carbons (Fsp3) is 0.417. The highest BCUT2D eigenvalue weighted by molar-refractivity contribution is 5.96. The number of nitrogens with zero attached hydrogens (tertiary/aromatic N) is 1. The largest absolute Gasteiger partial charge is 0.395 e. The molecule has 0 aromatic heterocycles. The minimum absolute atomic E-state index is 0.0347. The first-order valence-electron chi connectivity index (χ1n) is 5.22. The van der Waals surface area contributed by atoms with Gasteiger partial charge in [0.25, 0.3) is 5.91 Å². The van der Waals surface area contributed by atoms with Crippen LogP contribution in [0.3, 0.4) is 0 Å². The highest BCUT2D eigenvalue weighted by atomic mass is 16.3. The van der Waals surface area contributed by atoms with E-state index < -0.39 is 0 Å². The van der Waals surface area contributed by atoms with Crippen LogP contribution < -0.4 is 0 Å². The van der Waals surface area contributed by atoms with Crippen LogP contribution in [0.25, 0.3) is 0 Å². The molecule has 0 saturated heterocycles. The van der Waals surface area contributed by atoms with Crippen LogP contribution in [0.5, 0.6) is 0 Å². The molecule has 0 radical (unpaired) electrons. The average Bonchev–Trinajstić information content (AvgIpc) is 2.22. The van der Waals surface area contributed by atoms with Crippen molar-refractivity contribution in [1.29, 1.82) is 0 Å². The fourth-order valence-corrected chi connectivity index (χ4v) is 2.00. The summed E-state index contributed by atoms with van der Waals surface area (Å²) in [7, 11) is 0. The molecule has 0 fully saturated rings. The van der Waals surface area contributed by atoms with E-state index in [0.29, 0.717) is 6.54 Å². The molecule has 0 saturated carbocycles. The summed E-state index contributed by atoms with van der Waals surface area (Å²) in [6.07, 6.45) is 0.892. The lowest BCUT2D eigenvalue weighted by atomic mass is 9.97. The predicted molar refractivity (Wildman–Crippen MR) is 57.9 cm³/mol. The van der Waals surface area contributed by atoms with Crippen molar-refractivity contribution in [3.63, 3.8) is 0 Å². The van der Waals surface area contributed by atoms with Gasteiger partial charge in [0.1, 0.15) is 0 Å². The summed E-state index contributed by atoms with van der Waals surface area (Å²) >= 11 is 0. The summed E-state index contributed by atoms with van der Waals surface area (Å²) in [6.45, 7) is 3.22. The number of aliphatic hydroxyl groups excluding tert-OH is 1. The van der Waals surface area contributed by atoms with Gasteiger partial charge in [-0.25, -0.2) is 0 Å². The lowest BCUT2D eigenvalue weighted by Gasteiger charge is -2.28. The van der Waals surface area contributed by atoms with Crippen molar-refractivity contribution in [2.24, 2.45) is 0 Å². The first kappa shape index (κ1) is 10.2. The number of β-amino-alcohol motifs (C(OH)–C–C–N with tert-alkyl or cyclic N) is 1. The molecule has 1 aromatic rings. The summed E-state index contributed by atoms with van der Waals surface area (Å²) in [5, 5.41) is 8.83. The van der Waals surface area contributed by atoms with Gasteiger partial charge in [-0.2, -0.15) is 0 Å². The SMILES string of the molecule is Cc1ccc2c(c1)CCN(CCO)C2=O. The van der Waals surface area contributed by atoms with Gasteiger partial charge in [0.05, 0.1) is 6.61 Å². The molecule has 3 heteroatoms. The van der Waals surface area contributed by atoms with Gasteiger partial charge in [0.15, 0.2) is 0 Å². The highest BCUT2D eigenvalue weighted by Crippen LogP contribution is 2.19. The summed E-state index contributed by atoms with van der Waals surface area (Å²) in [5.41, 5.74) is 3.12. The third-order valence-corrected chi connectivity index (χ3v) is 2.80. The summed E-state index contributed by atoms with van der Waals surface area (Å²) in [4.78, 5) is 13.6. The van der Waals surface area contributed by atoms with E-state index in [9.17, 15) is 4.79 Å². The van der Waals surface area contributed by atoms with Crippen LogP contribution in [0.1, 0.15) is 21.5 Å². The molecule has 0 atom stereocenters. The van der Waals surface area contributed by atoms with E-state index in [-0.39, 0.29) is 12.5 Å². The maximum absolute atomic E-state index is 11.9. The number of hydrogen-bond donors (Lipinski definition) is 1. The quantitative estimate of drug-likeness (QED) is 0.782. The number of aliphatic hydroxyl groups is 1. The van der Waals surface area contributed by atoms with Crippen molar-refractivity contribution in [3.05, 3.63) is 34.9 Å². The topological polar surface area (TPSA) is 40.5 Å². The van der Waals surface area contributed by atoms with E-state index >= 15 is 0 Å². The van der Waals surface area contributed by atoms with Crippen LogP contribution in [0.4, 0.5) is 0 Å². The molecule has 1 aromatic carbocycles.